The average molecular weight is 430 g/mol. The lowest BCUT2D eigenvalue weighted by molar-refractivity contribution is 0.583. The van der Waals surface area contributed by atoms with Crippen molar-refractivity contribution < 1.29 is 0 Å². The van der Waals surface area contributed by atoms with Crippen LogP contribution < -0.4 is 10.6 Å². The van der Waals surface area contributed by atoms with Gasteiger partial charge in [0.15, 0.2) is 5.96 Å². The molecule has 23 heavy (non-hydrogen) atoms. The van der Waals surface area contributed by atoms with Gasteiger partial charge in [0.2, 0.25) is 0 Å². The first-order valence-corrected chi connectivity index (χ1v) is 7.90. The van der Waals surface area contributed by atoms with Crippen molar-refractivity contribution in [3.63, 3.8) is 0 Å². The number of aryl methyl sites for hydroxylation is 2. The van der Waals surface area contributed by atoms with Crippen LogP contribution in [0, 0.1) is 6.92 Å². The van der Waals surface area contributed by atoms with Crippen molar-refractivity contribution in [3.8, 4) is 0 Å². The first-order chi connectivity index (χ1) is 10.8. The van der Waals surface area contributed by atoms with Crippen molar-refractivity contribution in [1.29, 1.82) is 0 Å². The minimum absolute atomic E-state index is 0. The predicted molar refractivity (Wildman–Crippen MR) is 105 cm³/mol. The summed E-state index contributed by atoms with van der Waals surface area (Å²) in [6.07, 6.45) is 9.06. The smallest absolute Gasteiger partial charge is 0.191 e. The molecule has 0 saturated carbocycles. The molecule has 7 heteroatoms. The maximum atomic E-state index is 4.60. The highest BCUT2D eigenvalue weighted by Crippen LogP contribution is 1.96. The van der Waals surface area contributed by atoms with Gasteiger partial charge in [-0.05, 0) is 38.0 Å². The summed E-state index contributed by atoms with van der Waals surface area (Å²) in [7, 11) is 0. The van der Waals surface area contributed by atoms with Crippen molar-refractivity contribution in [1.82, 2.24) is 25.0 Å². The van der Waals surface area contributed by atoms with Crippen LogP contribution in [0.25, 0.3) is 0 Å². The van der Waals surface area contributed by atoms with E-state index in [1.807, 2.05) is 23.0 Å². The molecule has 0 unspecified atom stereocenters. The largest absolute Gasteiger partial charge is 0.357 e. The fourth-order valence-corrected chi connectivity index (χ4v) is 2.18. The SMILES string of the molecule is CCNC(=NCCCn1cc(C)cn1)NCCn1cccc1.I. The summed E-state index contributed by atoms with van der Waals surface area (Å²) in [5.74, 6) is 0.881. The molecule has 2 rings (SSSR count). The van der Waals surface area contributed by atoms with E-state index in [-0.39, 0.29) is 24.0 Å². The molecular formula is C16H27IN6. The van der Waals surface area contributed by atoms with Crippen LogP contribution in [0.5, 0.6) is 0 Å². The Morgan fingerprint density at radius 1 is 1.22 bits per heavy atom. The number of nitrogens with one attached hydrogen (secondary N) is 2. The Balaban J connectivity index is 0.00000264. The molecule has 0 aliphatic heterocycles. The molecule has 0 aromatic carbocycles. The van der Waals surface area contributed by atoms with Crippen molar-refractivity contribution >= 4 is 29.9 Å². The number of aromatic nitrogens is 3. The Labute approximate surface area is 155 Å². The maximum Gasteiger partial charge on any atom is 0.191 e. The van der Waals surface area contributed by atoms with E-state index in [4.69, 9.17) is 0 Å². The van der Waals surface area contributed by atoms with E-state index in [1.165, 1.54) is 5.56 Å². The van der Waals surface area contributed by atoms with Crippen molar-refractivity contribution in [2.45, 2.75) is 33.4 Å². The topological polar surface area (TPSA) is 59.2 Å². The molecule has 0 spiro atoms. The molecule has 2 aromatic heterocycles. The standard InChI is InChI=1S/C16H26N6.HI/c1-3-17-16(19-8-12-21-9-4-5-10-21)18-7-6-11-22-14-15(2)13-20-22;/h4-5,9-10,13-14H,3,6-8,11-12H2,1-2H3,(H2,17,18,19);1H. The summed E-state index contributed by atoms with van der Waals surface area (Å²) in [5, 5.41) is 10.9. The molecule has 0 radical (unpaired) electrons. The molecular weight excluding hydrogens is 403 g/mol. The monoisotopic (exact) mass is 430 g/mol. The van der Waals surface area contributed by atoms with E-state index in [1.54, 1.807) is 0 Å². The summed E-state index contributed by atoms with van der Waals surface area (Å²) in [4.78, 5) is 4.60. The second-order valence-electron chi connectivity index (χ2n) is 5.24. The first-order valence-electron chi connectivity index (χ1n) is 7.90. The van der Waals surface area contributed by atoms with E-state index in [0.717, 1.165) is 45.1 Å². The van der Waals surface area contributed by atoms with Gasteiger partial charge in [0, 0.05) is 51.3 Å². The molecule has 0 saturated heterocycles. The summed E-state index contributed by atoms with van der Waals surface area (Å²) in [6.45, 7) is 8.49. The van der Waals surface area contributed by atoms with Gasteiger partial charge in [-0.25, -0.2) is 0 Å². The molecule has 0 bridgehead atoms. The summed E-state index contributed by atoms with van der Waals surface area (Å²) >= 11 is 0. The second-order valence-corrected chi connectivity index (χ2v) is 5.24. The third-order valence-electron chi connectivity index (χ3n) is 3.25. The van der Waals surface area contributed by atoms with Crippen LogP contribution in [-0.2, 0) is 13.1 Å². The van der Waals surface area contributed by atoms with Crippen LogP contribution in [0.15, 0.2) is 41.9 Å². The highest BCUT2D eigenvalue weighted by atomic mass is 127. The van der Waals surface area contributed by atoms with Crippen LogP contribution in [0.1, 0.15) is 18.9 Å². The summed E-state index contributed by atoms with van der Waals surface area (Å²) in [5.41, 5.74) is 1.20. The van der Waals surface area contributed by atoms with Crippen molar-refractivity contribution in [2.24, 2.45) is 4.99 Å². The number of nitrogens with zero attached hydrogens (tertiary/aromatic N) is 4. The van der Waals surface area contributed by atoms with E-state index in [9.17, 15) is 0 Å². The van der Waals surface area contributed by atoms with Crippen LogP contribution in [0.2, 0.25) is 0 Å². The number of halogens is 1. The van der Waals surface area contributed by atoms with Gasteiger partial charge in [0.05, 0.1) is 6.20 Å². The predicted octanol–water partition coefficient (Wildman–Crippen LogP) is 2.26. The molecule has 128 valence electrons. The summed E-state index contributed by atoms with van der Waals surface area (Å²) in [6, 6.07) is 4.08. The fraction of sp³-hybridized carbons (Fsp3) is 0.500. The molecule has 0 atom stereocenters. The molecule has 6 nitrogen and oxygen atoms in total. The van der Waals surface area contributed by atoms with Crippen LogP contribution in [-0.4, -0.2) is 39.9 Å². The molecule has 0 amide bonds. The normalized spacial score (nSPS) is 11.1. The van der Waals surface area contributed by atoms with Gasteiger partial charge in [0.1, 0.15) is 0 Å². The zero-order valence-electron chi connectivity index (χ0n) is 13.9. The minimum Gasteiger partial charge on any atom is -0.357 e. The number of hydrogen-bond donors (Lipinski definition) is 2. The third kappa shape index (κ3) is 7.54. The molecule has 0 aliphatic rings. The zero-order chi connectivity index (χ0) is 15.6. The minimum atomic E-state index is 0. The highest BCUT2D eigenvalue weighted by molar-refractivity contribution is 14.0. The number of hydrogen-bond acceptors (Lipinski definition) is 2. The van der Waals surface area contributed by atoms with Gasteiger partial charge >= 0.3 is 0 Å². The third-order valence-corrected chi connectivity index (χ3v) is 3.25. The lowest BCUT2D eigenvalue weighted by Gasteiger charge is -2.11. The molecule has 0 fully saturated rings. The van der Waals surface area contributed by atoms with Gasteiger partial charge in [0.25, 0.3) is 0 Å². The van der Waals surface area contributed by atoms with Crippen LogP contribution in [0.4, 0.5) is 0 Å². The Kier molecular flexibility index (Phi) is 9.42. The Bertz CT molecular complexity index is 561. The Hall–Kier alpha value is -1.51. The number of rotatable bonds is 8. The molecule has 0 aliphatic carbocycles. The lowest BCUT2D eigenvalue weighted by Crippen LogP contribution is -2.38. The average Bonchev–Trinajstić information content (AvgIpc) is 3.15. The Morgan fingerprint density at radius 2 is 2.00 bits per heavy atom. The fourth-order valence-electron chi connectivity index (χ4n) is 2.18. The number of guanidine groups is 1. The van der Waals surface area contributed by atoms with E-state index >= 15 is 0 Å². The van der Waals surface area contributed by atoms with E-state index in [2.05, 4.69) is 57.7 Å². The second kappa shape index (κ2) is 11.1. The van der Waals surface area contributed by atoms with Crippen molar-refractivity contribution in [3.05, 3.63) is 42.5 Å². The van der Waals surface area contributed by atoms with Gasteiger partial charge < -0.3 is 15.2 Å². The summed E-state index contributed by atoms with van der Waals surface area (Å²) < 4.78 is 4.12. The van der Waals surface area contributed by atoms with Crippen LogP contribution in [0.3, 0.4) is 0 Å². The van der Waals surface area contributed by atoms with Crippen LogP contribution >= 0.6 is 24.0 Å². The lowest BCUT2D eigenvalue weighted by atomic mass is 10.4. The first kappa shape index (κ1) is 19.5. The zero-order valence-corrected chi connectivity index (χ0v) is 16.2. The number of aliphatic imine (C=N–C) groups is 1. The van der Waals surface area contributed by atoms with Gasteiger partial charge in [-0.2, -0.15) is 5.10 Å². The maximum absolute atomic E-state index is 4.60. The van der Waals surface area contributed by atoms with Gasteiger partial charge in [-0.15, -0.1) is 24.0 Å². The van der Waals surface area contributed by atoms with Crippen molar-refractivity contribution in [2.75, 3.05) is 19.6 Å². The highest BCUT2D eigenvalue weighted by Gasteiger charge is 1.98. The van der Waals surface area contributed by atoms with Gasteiger partial charge in [-0.1, -0.05) is 0 Å². The molecule has 2 N–H and O–H groups in total. The van der Waals surface area contributed by atoms with E-state index in [0.29, 0.717) is 0 Å². The Morgan fingerprint density at radius 3 is 2.65 bits per heavy atom. The van der Waals surface area contributed by atoms with E-state index < -0.39 is 0 Å². The molecule has 2 heterocycles. The quantitative estimate of drug-likeness (QED) is 0.292. The molecule has 2 aromatic rings. The van der Waals surface area contributed by atoms with Gasteiger partial charge in [-0.3, -0.25) is 9.67 Å².